The Morgan fingerprint density at radius 1 is 0.607 bits per heavy atom. The summed E-state index contributed by atoms with van der Waals surface area (Å²) in [5.74, 6) is 0.684. The fraction of sp³-hybridized carbons (Fsp3) is 1.00. The predicted octanol–water partition coefficient (Wildman–Crippen LogP) is 5.58. The second kappa shape index (κ2) is 17.0. The molecule has 0 saturated carbocycles. The van der Waals surface area contributed by atoms with Crippen LogP contribution < -0.4 is 5.73 Å². The highest BCUT2D eigenvalue weighted by molar-refractivity contribution is 6.67. The van der Waals surface area contributed by atoms with E-state index >= 15 is 0 Å². The smallest absolute Gasteiger partial charge is 0.337 e. The molecule has 0 aliphatic heterocycles. The quantitative estimate of drug-likeness (QED) is 0.253. The van der Waals surface area contributed by atoms with Crippen molar-refractivity contribution in [2.45, 2.75) is 97.8 Å². The Hall–Kier alpha value is 0.234. The van der Waals surface area contributed by atoms with Crippen molar-refractivity contribution >= 4 is 17.1 Å². The van der Waals surface area contributed by atoms with Crippen molar-refractivity contribution in [1.29, 1.82) is 0 Å². The highest BCUT2D eigenvalue weighted by Gasteiger charge is 2.35. The molecule has 0 amide bonds. The minimum atomic E-state index is -2.01. The molecule has 0 aromatic heterocycles. The molecule has 0 aromatic carbocycles. The van der Waals surface area contributed by atoms with E-state index in [0.717, 1.165) is 63.6 Å². The Kier molecular flexibility index (Phi) is 17.1. The van der Waals surface area contributed by atoms with Crippen LogP contribution in [0.2, 0.25) is 24.2 Å². The number of rotatable bonds is 20. The average molecular weight is 436 g/mol. The van der Waals surface area contributed by atoms with Gasteiger partial charge in [0.05, 0.1) is 0 Å². The van der Waals surface area contributed by atoms with Gasteiger partial charge in [-0.25, -0.2) is 0 Å². The summed E-state index contributed by atoms with van der Waals surface area (Å²) >= 11 is 0. The standard InChI is InChI=1S/C21H49NO4Si2/c1-7-23-27(11-5,24-8-2)19-13-15-21(17-18-22)16-14-20-28(12-6,25-9-3)26-10-4/h21H,7-20,22H2,1-6H3. The molecule has 7 heteroatoms. The molecule has 0 unspecified atom stereocenters. The van der Waals surface area contributed by atoms with Gasteiger partial charge in [0, 0.05) is 26.4 Å². The van der Waals surface area contributed by atoms with E-state index in [1.807, 2.05) is 0 Å². The zero-order valence-corrected chi connectivity index (χ0v) is 21.7. The van der Waals surface area contributed by atoms with Crippen molar-refractivity contribution in [3.63, 3.8) is 0 Å². The molecule has 0 bridgehead atoms. The van der Waals surface area contributed by atoms with Crippen LogP contribution in [0, 0.1) is 5.92 Å². The van der Waals surface area contributed by atoms with Gasteiger partial charge in [-0.3, -0.25) is 0 Å². The maximum Gasteiger partial charge on any atom is 0.337 e. The summed E-state index contributed by atoms with van der Waals surface area (Å²) in [6.07, 6.45) is 5.90. The first-order chi connectivity index (χ1) is 13.5. The van der Waals surface area contributed by atoms with E-state index < -0.39 is 17.1 Å². The summed E-state index contributed by atoms with van der Waals surface area (Å²) in [6.45, 7) is 16.5. The van der Waals surface area contributed by atoms with E-state index in [1.54, 1.807) is 0 Å². The molecule has 5 nitrogen and oxygen atoms in total. The second-order valence-electron chi connectivity index (χ2n) is 7.49. The molecule has 0 atom stereocenters. The molecule has 28 heavy (non-hydrogen) atoms. The predicted molar refractivity (Wildman–Crippen MR) is 124 cm³/mol. The van der Waals surface area contributed by atoms with Gasteiger partial charge in [-0.15, -0.1) is 0 Å². The molecule has 170 valence electrons. The Morgan fingerprint density at radius 3 is 1.21 bits per heavy atom. The molecule has 0 aliphatic carbocycles. The van der Waals surface area contributed by atoms with E-state index in [-0.39, 0.29) is 0 Å². The average Bonchev–Trinajstić information content (AvgIpc) is 2.68. The molecular weight excluding hydrogens is 386 g/mol. The molecule has 2 N–H and O–H groups in total. The third kappa shape index (κ3) is 10.9. The SMILES string of the molecule is CCO[Si](CC)(CCCC(CCN)CCC[Si](CC)(OCC)OCC)OCC. The van der Waals surface area contributed by atoms with Crippen LogP contribution >= 0.6 is 0 Å². The fourth-order valence-corrected chi connectivity index (χ4v) is 10.0. The van der Waals surface area contributed by atoms with Crippen molar-refractivity contribution in [2.24, 2.45) is 11.7 Å². The molecule has 0 saturated heterocycles. The van der Waals surface area contributed by atoms with E-state index in [0.29, 0.717) is 5.92 Å². The Morgan fingerprint density at radius 2 is 0.964 bits per heavy atom. The maximum atomic E-state index is 6.12. The van der Waals surface area contributed by atoms with Crippen LogP contribution in [-0.4, -0.2) is 50.1 Å². The summed E-state index contributed by atoms with van der Waals surface area (Å²) in [7, 11) is -4.02. The topological polar surface area (TPSA) is 62.9 Å². The lowest BCUT2D eigenvalue weighted by molar-refractivity contribution is 0.181. The number of hydrogen-bond acceptors (Lipinski definition) is 5. The lowest BCUT2D eigenvalue weighted by atomic mass is 9.95. The Labute approximate surface area is 177 Å². The van der Waals surface area contributed by atoms with E-state index in [1.165, 1.54) is 25.7 Å². The molecule has 0 aliphatic rings. The van der Waals surface area contributed by atoms with Crippen LogP contribution in [0.1, 0.15) is 73.6 Å². The highest BCUT2D eigenvalue weighted by Crippen LogP contribution is 2.28. The van der Waals surface area contributed by atoms with Crippen molar-refractivity contribution in [1.82, 2.24) is 0 Å². The van der Waals surface area contributed by atoms with Crippen molar-refractivity contribution in [3.8, 4) is 0 Å². The van der Waals surface area contributed by atoms with E-state index in [2.05, 4.69) is 41.5 Å². The third-order valence-electron chi connectivity index (χ3n) is 5.62. The summed E-state index contributed by atoms with van der Waals surface area (Å²) in [5.41, 5.74) is 5.91. The molecule has 0 aromatic rings. The minimum absolute atomic E-state index is 0.684. The molecule has 0 radical (unpaired) electrons. The first kappa shape index (κ1) is 28.2. The van der Waals surface area contributed by atoms with Crippen molar-refractivity contribution < 1.29 is 17.7 Å². The summed E-state index contributed by atoms with van der Waals surface area (Å²) in [4.78, 5) is 0. The lowest BCUT2D eigenvalue weighted by Crippen LogP contribution is -2.41. The molecule has 0 spiro atoms. The number of hydrogen-bond donors (Lipinski definition) is 1. The minimum Gasteiger partial charge on any atom is -0.394 e. The van der Waals surface area contributed by atoms with Crippen LogP contribution in [0.4, 0.5) is 0 Å². The molecule has 0 rings (SSSR count). The maximum absolute atomic E-state index is 6.12. The summed E-state index contributed by atoms with van der Waals surface area (Å²) in [5, 5.41) is 0. The zero-order valence-electron chi connectivity index (χ0n) is 19.7. The Balaban J connectivity index is 4.61. The van der Waals surface area contributed by atoms with Crippen molar-refractivity contribution in [2.75, 3.05) is 33.0 Å². The van der Waals surface area contributed by atoms with Gasteiger partial charge >= 0.3 is 17.1 Å². The number of nitrogens with two attached hydrogens (primary N) is 1. The lowest BCUT2D eigenvalue weighted by Gasteiger charge is -2.30. The monoisotopic (exact) mass is 435 g/mol. The summed E-state index contributed by atoms with van der Waals surface area (Å²) < 4.78 is 24.5. The first-order valence-electron chi connectivity index (χ1n) is 11.8. The van der Waals surface area contributed by atoms with Gasteiger partial charge in [-0.2, -0.15) is 0 Å². The highest BCUT2D eigenvalue weighted by atomic mass is 28.4. The van der Waals surface area contributed by atoms with Crippen LogP contribution in [0.25, 0.3) is 0 Å². The second-order valence-corrected chi connectivity index (χ2v) is 14.7. The van der Waals surface area contributed by atoms with E-state index in [4.69, 9.17) is 23.4 Å². The fourth-order valence-electron chi connectivity index (χ4n) is 4.17. The van der Waals surface area contributed by atoms with Gasteiger partial charge in [0.1, 0.15) is 0 Å². The van der Waals surface area contributed by atoms with Gasteiger partial charge in [-0.05, 0) is 70.8 Å². The van der Waals surface area contributed by atoms with Gasteiger partial charge in [-0.1, -0.05) is 39.5 Å². The van der Waals surface area contributed by atoms with E-state index in [9.17, 15) is 0 Å². The third-order valence-corrected chi connectivity index (χ3v) is 13.3. The van der Waals surface area contributed by atoms with Gasteiger partial charge in [0.2, 0.25) is 0 Å². The Bertz CT molecular complexity index is 319. The molecule has 0 heterocycles. The normalized spacial score (nSPS) is 12.9. The van der Waals surface area contributed by atoms with Crippen LogP contribution in [-0.2, 0) is 17.7 Å². The van der Waals surface area contributed by atoms with Gasteiger partial charge in [0.15, 0.2) is 0 Å². The summed E-state index contributed by atoms with van der Waals surface area (Å²) in [6, 6.07) is 4.25. The van der Waals surface area contributed by atoms with Crippen LogP contribution in [0.5, 0.6) is 0 Å². The largest absolute Gasteiger partial charge is 0.394 e. The van der Waals surface area contributed by atoms with Gasteiger partial charge < -0.3 is 23.4 Å². The zero-order chi connectivity index (χ0) is 21.3. The van der Waals surface area contributed by atoms with Gasteiger partial charge in [0.25, 0.3) is 0 Å². The van der Waals surface area contributed by atoms with Crippen LogP contribution in [0.15, 0.2) is 0 Å². The first-order valence-corrected chi connectivity index (χ1v) is 16.2. The molecule has 0 fully saturated rings. The van der Waals surface area contributed by atoms with Crippen LogP contribution in [0.3, 0.4) is 0 Å². The van der Waals surface area contributed by atoms with Crippen molar-refractivity contribution in [3.05, 3.63) is 0 Å². The molecular formula is C21H49NO4Si2.